The number of rotatable bonds is 4. The van der Waals surface area contributed by atoms with E-state index in [9.17, 15) is 32.3 Å². The standard InChI is InChI=1S/C28H26F3N5O5/c1-27(2,3)41-26(40)32-17-5-7-18(8-6-17)35-14-21(28(29,30)31)33-23(35)15-4-9-19-16(12-15)13-36(25(19)39)20-10-11-22(37)34-24(20)38/h4-9,12,14,20H,10-11,13H2,1-3H3,(H,32,40)(H,34,37,38). The lowest BCUT2D eigenvalue weighted by atomic mass is 10.0. The molecule has 0 aliphatic carbocycles. The first-order valence-electron chi connectivity index (χ1n) is 12.7. The maximum absolute atomic E-state index is 13.7. The molecule has 214 valence electrons. The highest BCUT2D eigenvalue weighted by molar-refractivity contribution is 6.05. The van der Waals surface area contributed by atoms with E-state index in [4.69, 9.17) is 4.74 Å². The molecule has 2 N–H and O–H groups in total. The minimum atomic E-state index is -4.71. The van der Waals surface area contributed by atoms with Crippen LogP contribution in [-0.4, -0.2) is 49.9 Å². The molecule has 1 aromatic heterocycles. The summed E-state index contributed by atoms with van der Waals surface area (Å²) >= 11 is 0. The molecule has 0 saturated carbocycles. The van der Waals surface area contributed by atoms with Gasteiger partial charge in [0.25, 0.3) is 5.91 Å². The van der Waals surface area contributed by atoms with E-state index in [0.29, 0.717) is 28.1 Å². The second-order valence-electron chi connectivity index (χ2n) is 10.8. The Kier molecular flexibility index (Phi) is 6.84. The summed E-state index contributed by atoms with van der Waals surface area (Å²) in [6.45, 7) is 5.22. The largest absolute Gasteiger partial charge is 0.444 e. The van der Waals surface area contributed by atoms with Gasteiger partial charge < -0.3 is 9.64 Å². The van der Waals surface area contributed by atoms with Crippen molar-refractivity contribution in [2.75, 3.05) is 5.32 Å². The van der Waals surface area contributed by atoms with Crippen molar-refractivity contribution >= 4 is 29.5 Å². The first-order valence-corrected chi connectivity index (χ1v) is 12.7. The Morgan fingerprint density at radius 2 is 1.78 bits per heavy atom. The Morgan fingerprint density at radius 3 is 2.41 bits per heavy atom. The topological polar surface area (TPSA) is 123 Å². The van der Waals surface area contributed by atoms with Crippen molar-refractivity contribution in [3.63, 3.8) is 0 Å². The van der Waals surface area contributed by atoms with Crippen molar-refractivity contribution < 1.29 is 37.1 Å². The van der Waals surface area contributed by atoms with Crippen LogP contribution in [0.2, 0.25) is 0 Å². The number of aromatic nitrogens is 2. The lowest BCUT2D eigenvalue weighted by Crippen LogP contribution is -2.52. The van der Waals surface area contributed by atoms with Crippen LogP contribution in [0.25, 0.3) is 17.1 Å². The Hall–Kier alpha value is -4.68. The number of alkyl halides is 3. The number of fused-ring (bicyclic) bond motifs is 1. The molecule has 0 radical (unpaired) electrons. The number of benzene rings is 2. The molecule has 1 fully saturated rings. The van der Waals surface area contributed by atoms with Gasteiger partial charge in [-0.05, 0) is 69.2 Å². The van der Waals surface area contributed by atoms with E-state index in [1.165, 1.54) is 45.9 Å². The number of hydrogen-bond acceptors (Lipinski definition) is 6. The number of nitrogens with one attached hydrogen (secondary N) is 2. The highest BCUT2D eigenvalue weighted by atomic mass is 19.4. The van der Waals surface area contributed by atoms with E-state index < -0.39 is 47.3 Å². The third-order valence-corrected chi connectivity index (χ3v) is 6.57. The monoisotopic (exact) mass is 569 g/mol. The van der Waals surface area contributed by atoms with Gasteiger partial charge in [0.05, 0.1) is 0 Å². The van der Waals surface area contributed by atoms with Crippen molar-refractivity contribution in [2.45, 2.75) is 58.0 Å². The fraction of sp³-hybridized carbons (Fsp3) is 0.321. The molecule has 13 heteroatoms. The van der Waals surface area contributed by atoms with E-state index in [2.05, 4.69) is 15.6 Å². The molecule has 2 aromatic carbocycles. The molecule has 4 amide bonds. The Balaban J connectivity index is 1.45. The number of imide groups is 1. The average Bonchev–Trinajstić information content (AvgIpc) is 3.45. The third-order valence-electron chi connectivity index (χ3n) is 6.57. The number of amides is 4. The number of nitrogens with zero attached hydrogens (tertiary/aromatic N) is 3. The maximum Gasteiger partial charge on any atom is 0.434 e. The van der Waals surface area contributed by atoms with Crippen molar-refractivity contribution in [1.29, 1.82) is 0 Å². The van der Waals surface area contributed by atoms with E-state index in [1.54, 1.807) is 26.8 Å². The number of imidazole rings is 1. The number of anilines is 1. The predicted molar refractivity (Wildman–Crippen MR) is 140 cm³/mol. The summed E-state index contributed by atoms with van der Waals surface area (Å²) in [5, 5.41) is 4.81. The van der Waals surface area contributed by atoms with Crippen LogP contribution in [0.1, 0.15) is 55.2 Å². The van der Waals surface area contributed by atoms with Crippen LogP contribution < -0.4 is 10.6 Å². The Bertz CT molecular complexity index is 1560. The van der Waals surface area contributed by atoms with Crippen LogP contribution in [0, 0.1) is 0 Å². The fourth-order valence-corrected chi connectivity index (χ4v) is 4.76. The van der Waals surface area contributed by atoms with Crippen LogP contribution in [0.4, 0.5) is 23.7 Å². The second-order valence-corrected chi connectivity index (χ2v) is 10.8. The molecule has 2 aliphatic rings. The molecule has 0 bridgehead atoms. The second kappa shape index (κ2) is 10.1. The van der Waals surface area contributed by atoms with Crippen molar-refractivity contribution in [1.82, 2.24) is 19.8 Å². The first-order chi connectivity index (χ1) is 19.2. The minimum Gasteiger partial charge on any atom is -0.444 e. The number of ether oxygens (including phenoxy) is 1. The third kappa shape index (κ3) is 5.79. The van der Waals surface area contributed by atoms with Crippen molar-refractivity contribution in [2.24, 2.45) is 0 Å². The summed E-state index contributed by atoms with van der Waals surface area (Å²) < 4.78 is 47.6. The number of piperidine rings is 1. The normalized spacial score (nSPS) is 17.4. The number of halogens is 3. The van der Waals surface area contributed by atoms with Gasteiger partial charge in [-0.25, -0.2) is 9.78 Å². The molecule has 41 heavy (non-hydrogen) atoms. The van der Waals surface area contributed by atoms with Crippen LogP contribution in [0.15, 0.2) is 48.7 Å². The van der Waals surface area contributed by atoms with Gasteiger partial charge in [0, 0.05) is 41.7 Å². The zero-order chi connectivity index (χ0) is 29.7. The number of hydrogen-bond donors (Lipinski definition) is 2. The highest BCUT2D eigenvalue weighted by Gasteiger charge is 2.40. The lowest BCUT2D eigenvalue weighted by Gasteiger charge is -2.29. The van der Waals surface area contributed by atoms with Gasteiger partial charge in [0.15, 0.2) is 5.69 Å². The summed E-state index contributed by atoms with van der Waals surface area (Å²) in [5.74, 6) is -1.37. The zero-order valence-electron chi connectivity index (χ0n) is 22.3. The first kappa shape index (κ1) is 27.9. The maximum atomic E-state index is 13.7. The molecule has 1 atom stereocenters. The van der Waals surface area contributed by atoms with Gasteiger partial charge in [-0.15, -0.1) is 0 Å². The molecular weight excluding hydrogens is 543 g/mol. The van der Waals surface area contributed by atoms with Crippen molar-refractivity contribution in [3.8, 4) is 17.1 Å². The van der Waals surface area contributed by atoms with Crippen LogP contribution in [0.5, 0.6) is 0 Å². The fourth-order valence-electron chi connectivity index (χ4n) is 4.76. The average molecular weight is 570 g/mol. The predicted octanol–water partition coefficient (Wildman–Crippen LogP) is 4.67. The van der Waals surface area contributed by atoms with Crippen LogP contribution >= 0.6 is 0 Å². The molecule has 0 spiro atoms. The van der Waals surface area contributed by atoms with E-state index >= 15 is 0 Å². The quantitative estimate of drug-likeness (QED) is 0.441. The summed E-state index contributed by atoms with van der Waals surface area (Å²) in [7, 11) is 0. The molecule has 3 heterocycles. The summed E-state index contributed by atoms with van der Waals surface area (Å²) in [5.41, 5.74) is 0.0915. The van der Waals surface area contributed by atoms with E-state index in [-0.39, 0.29) is 25.2 Å². The highest BCUT2D eigenvalue weighted by Crippen LogP contribution is 2.35. The Morgan fingerprint density at radius 1 is 1.07 bits per heavy atom. The van der Waals surface area contributed by atoms with Gasteiger partial charge in [0.1, 0.15) is 17.5 Å². The summed E-state index contributed by atoms with van der Waals surface area (Å²) in [6.07, 6.45) is -4.22. The SMILES string of the molecule is CC(C)(C)OC(=O)Nc1ccc(-n2cc(C(F)(F)F)nc2-c2ccc3c(c2)CN(C2CCC(=O)NC2=O)C3=O)cc1. The Labute approximate surface area is 232 Å². The van der Waals surface area contributed by atoms with Crippen LogP contribution in [0.3, 0.4) is 0 Å². The molecular formula is C28H26F3N5O5. The number of carbonyl (C=O) groups is 4. The zero-order valence-corrected chi connectivity index (χ0v) is 22.3. The van der Waals surface area contributed by atoms with Gasteiger partial charge in [0.2, 0.25) is 11.8 Å². The molecule has 1 unspecified atom stereocenters. The van der Waals surface area contributed by atoms with Crippen molar-refractivity contribution in [3.05, 3.63) is 65.5 Å². The molecule has 1 saturated heterocycles. The van der Waals surface area contributed by atoms with Crippen LogP contribution in [-0.2, 0) is 27.0 Å². The molecule has 10 nitrogen and oxygen atoms in total. The smallest absolute Gasteiger partial charge is 0.434 e. The van der Waals surface area contributed by atoms with E-state index in [1.807, 2.05) is 0 Å². The number of carbonyl (C=O) groups excluding carboxylic acids is 4. The molecule has 5 rings (SSSR count). The summed E-state index contributed by atoms with van der Waals surface area (Å²) in [4.78, 5) is 54.2. The molecule has 3 aromatic rings. The van der Waals surface area contributed by atoms with Gasteiger partial charge >= 0.3 is 12.3 Å². The van der Waals surface area contributed by atoms with Gasteiger partial charge in [-0.2, -0.15) is 13.2 Å². The minimum absolute atomic E-state index is 0.0140. The summed E-state index contributed by atoms with van der Waals surface area (Å²) in [6, 6.07) is 9.87. The van der Waals surface area contributed by atoms with Gasteiger partial charge in [-0.3, -0.25) is 29.6 Å². The lowest BCUT2D eigenvalue weighted by molar-refractivity contribution is -0.141. The van der Waals surface area contributed by atoms with E-state index in [0.717, 1.165) is 6.20 Å². The molecule has 2 aliphatic heterocycles. The van der Waals surface area contributed by atoms with Gasteiger partial charge in [-0.1, -0.05) is 6.07 Å².